The van der Waals surface area contributed by atoms with Crippen LogP contribution in [-0.4, -0.2) is 11.2 Å². The van der Waals surface area contributed by atoms with E-state index in [1.165, 1.54) is 31.2 Å². The highest BCUT2D eigenvalue weighted by Gasteiger charge is 2.23. The highest BCUT2D eigenvalue weighted by atomic mass is 16.5. The third kappa shape index (κ3) is 2.39. The molecule has 1 fully saturated rings. The second-order valence-electron chi connectivity index (χ2n) is 5.93. The van der Waals surface area contributed by atoms with Crippen LogP contribution in [0.15, 0.2) is 18.2 Å². The van der Waals surface area contributed by atoms with Gasteiger partial charge in [0.15, 0.2) is 0 Å². The number of aliphatic hydroxyl groups excluding tert-OH is 1. The molecule has 2 aliphatic carbocycles. The number of hydrogen-bond acceptors (Lipinski definition) is 2. The van der Waals surface area contributed by atoms with Gasteiger partial charge in [0.05, 0.1) is 12.2 Å². The maximum absolute atomic E-state index is 9.79. The first kappa shape index (κ1) is 12.0. The van der Waals surface area contributed by atoms with Gasteiger partial charge in [-0.15, -0.1) is 0 Å². The fourth-order valence-electron chi connectivity index (χ4n) is 3.32. The van der Waals surface area contributed by atoms with Crippen molar-refractivity contribution in [3.8, 4) is 5.75 Å². The summed E-state index contributed by atoms with van der Waals surface area (Å²) in [6.07, 6.45) is 6.96. The lowest BCUT2D eigenvalue weighted by molar-refractivity contribution is 0.129. The van der Waals surface area contributed by atoms with E-state index in [1.807, 2.05) is 12.1 Å². The molecule has 1 aromatic rings. The van der Waals surface area contributed by atoms with Gasteiger partial charge in [0.1, 0.15) is 5.75 Å². The Morgan fingerprint density at radius 1 is 1.22 bits per heavy atom. The van der Waals surface area contributed by atoms with E-state index in [4.69, 9.17) is 4.74 Å². The molecule has 0 heterocycles. The summed E-state index contributed by atoms with van der Waals surface area (Å²) in [7, 11) is 0. The van der Waals surface area contributed by atoms with Gasteiger partial charge in [-0.25, -0.2) is 0 Å². The van der Waals surface area contributed by atoms with Gasteiger partial charge in [-0.05, 0) is 61.3 Å². The van der Waals surface area contributed by atoms with Gasteiger partial charge in [0.25, 0.3) is 0 Å². The van der Waals surface area contributed by atoms with Crippen molar-refractivity contribution < 1.29 is 9.84 Å². The van der Waals surface area contributed by atoms with Gasteiger partial charge in [0, 0.05) is 0 Å². The minimum Gasteiger partial charge on any atom is -0.490 e. The average Bonchev–Trinajstić information content (AvgIpc) is 2.71. The molecule has 1 N–H and O–H groups in total. The fourth-order valence-corrected chi connectivity index (χ4v) is 3.32. The molecule has 0 aliphatic heterocycles. The quantitative estimate of drug-likeness (QED) is 0.863. The second kappa shape index (κ2) is 4.93. The monoisotopic (exact) mass is 246 g/mol. The third-order valence-corrected chi connectivity index (χ3v) is 4.35. The largest absolute Gasteiger partial charge is 0.490 e. The molecule has 0 amide bonds. The molecule has 0 saturated heterocycles. The Bertz CT molecular complexity index is 427. The Morgan fingerprint density at radius 2 is 2.11 bits per heavy atom. The van der Waals surface area contributed by atoms with Crippen molar-refractivity contribution in [2.24, 2.45) is 5.92 Å². The lowest BCUT2D eigenvalue weighted by Crippen LogP contribution is -2.24. The lowest BCUT2D eigenvalue weighted by Gasteiger charge is -2.27. The van der Waals surface area contributed by atoms with Crippen molar-refractivity contribution in [3.05, 3.63) is 29.3 Å². The summed E-state index contributed by atoms with van der Waals surface area (Å²) in [4.78, 5) is 0. The average molecular weight is 246 g/mol. The van der Waals surface area contributed by atoms with Crippen molar-refractivity contribution >= 4 is 0 Å². The fraction of sp³-hybridized carbons (Fsp3) is 0.625. The smallest absolute Gasteiger partial charge is 0.120 e. The highest BCUT2D eigenvalue weighted by molar-refractivity contribution is 5.39. The van der Waals surface area contributed by atoms with Crippen LogP contribution in [0.1, 0.15) is 56.3 Å². The molecule has 3 rings (SSSR count). The van der Waals surface area contributed by atoms with E-state index in [1.54, 1.807) is 0 Å². The number of hydrogen-bond donors (Lipinski definition) is 1. The van der Waals surface area contributed by atoms with Crippen LogP contribution in [0, 0.1) is 5.92 Å². The number of fused-ring (bicyclic) bond motifs is 1. The first-order valence-electron chi connectivity index (χ1n) is 7.20. The van der Waals surface area contributed by atoms with Gasteiger partial charge < -0.3 is 9.84 Å². The summed E-state index contributed by atoms with van der Waals surface area (Å²) in [5, 5.41) is 9.79. The Labute approximate surface area is 109 Å². The molecular weight excluding hydrogens is 224 g/mol. The predicted molar refractivity (Wildman–Crippen MR) is 71.8 cm³/mol. The maximum Gasteiger partial charge on any atom is 0.120 e. The number of ether oxygens (including phenoxy) is 1. The molecule has 1 aromatic carbocycles. The van der Waals surface area contributed by atoms with Crippen LogP contribution in [0.5, 0.6) is 5.75 Å². The SMILES string of the molecule is CC1CCCC(Oc2ccc3c(c2)CCC3O)C1. The summed E-state index contributed by atoms with van der Waals surface area (Å²) in [6, 6.07) is 6.19. The second-order valence-corrected chi connectivity index (χ2v) is 5.93. The molecule has 0 spiro atoms. The third-order valence-electron chi connectivity index (χ3n) is 4.35. The van der Waals surface area contributed by atoms with Gasteiger partial charge in [-0.1, -0.05) is 19.4 Å². The van der Waals surface area contributed by atoms with Gasteiger partial charge in [0.2, 0.25) is 0 Å². The van der Waals surface area contributed by atoms with Crippen molar-refractivity contribution in [3.63, 3.8) is 0 Å². The van der Waals surface area contributed by atoms with E-state index >= 15 is 0 Å². The van der Waals surface area contributed by atoms with Crippen LogP contribution in [0.2, 0.25) is 0 Å². The summed E-state index contributed by atoms with van der Waals surface area (Å²) < 4.78 is 6.10. The summed E-state index contributed by atoms with van der Waals surface area (Å²) in [5.41, 5.74) is 2.36. The molecule has 3 atom stereocenters. The van der Waals surface area contributed by atoms with Gasteiger partial charge in [-0.3, -0.25) is 0 Å². The Morgan fingerprint density at radius 3 is 2.94 bits per heavy atom. The van der Waals surface area contributed by atoms with Crippen LogP contribution in [0.4, 0.5) is 0 Å². The minimum absolute atomic E-state index is 0.260. The Hall–Kier alpha value is -1.02. The first-order chi connectivity index (χ1) is 8.72. The number of aliphatic hydroxyl groups is 1. The molecule has 1 saturated carbocycles. The van der Waals surface area contributed by atoms with E-state index in [0.29, 0.717) is 6.10 Å². The predicted octanol–water partition coefficient (Wildman–Crippen LogP) is 3.62. The first-order valence-corrected chi connectivity index (χ1v) is 7.20. The topological polar surface area (TPSA) is 29.5 Å². The molecular formula is C16H22O2. The highest BCUT2D eigenvalue weighted by Crippen LogP contribution is 2.34. The minimum atomic E-state index is -0.260. The Balaban J connectivity index is 1.70. The van der Waals surface area contributed by atoms with Crippen molar-refractivity contribution in [1.29, 1.82) is 0 Å². The zero-order valence-electron chi connectivity index (χ0n) is 11.1. The molecule has 3 unspecified atom stereocenters. The van der Waals surface area contributed by atoms with Crippen molar-refractivity contribution in [2.45, 2.75) is 57.7 Å². The van der Waals surface area contributed by atoms with Crippen molar-refractivity contribution in [2.75, 3.05) is 0 Å². The number of rotatable bonds is 2. The lowest BCUT2D eigenvalue weighted by atomic mass is 9.89. The summed E-state index contributed by atoms with van der Waals surface area (Å²) >= 11 is 0. The maximum atomic E-state index is 9.79. The van der Waals surface area contributed by atoms with Crippen LogP contribution in [0.3, 0.4) is 0 Å². The normalized spacial score (nSPS) is 31.1. The van der Waals surface area contributed by atoms with Crippen LogP contribution >= 0.6 is 0 Å². The zero-order chi connectivity index (χ0) is 12.5. The molecule has 0 bridgehead atoms. The Kier molecular flexibility index (Phi) is 3.29. The molecule has 18 heavy (non-hydrogen) atoms. The molecule has 2 nitrogen and oxygen atoms in total. The number of benzene rings is 1. The molecule has 0 radical (unpaired) electrons. The molecule has 98 valence electrons. The van der Waals surface area contributed by atoms with E-state index in [2.05, 4.69) is 13.0 Å². The van der Waals surface area contributed by atoms with E-state index in [0.717, 1.165) is 30.1 Å². The van der Waals surface area contributed by atoms with Crippen LogP contribution in [-0.2, 0) is 6.42 Å². The van der Waals surface area contributed by atoms with Crippen LogP contribution in [0.25, 0.3) is 0 Å². The van der Waals surface area contributed by atoms with Gasteiger partial charge in [-0.2, -0.15) is 0 Å². The van der Waals surface area contributed by atoms with Crippen LogP contribution < -0.4 is 4.74 Å². The van der Waals surface area contributed by atoms with E-state index in [-0.39, 0.29) is 6.10 Å². The summed E-state index contributed by atoms with van der Waals surface area (Å²) in [6.45, 7) is 2.31. The van der Waals surface area contributed by atoms with Crippen molar-refractivity contribution in [1.82, 2.24) is 0 Å². The summed E-state index contributed by atoms with van der Waals surface area (Å²) in [5.74, 6) is 1.78. The molecule has 2 aliphatic rings. The van der Waals surface area contributed by atoms with E-state index < -0.39 is 0 Å². The van der Waals surface area contributed by atoms with E-state index in [9.17, 15) is 5.11 Å². The molecule has 0 aromatic heterocycles. The van der Waals surface area contributed by atoms with Gasteiger partial charge >= 0.3 is 0 Å². The zero-order valence-corrected chi connectivity index (χ0v) is 11.1. The standard InChI is InChI=1S/C16H22O2/c1-11-3-2-4-13(9-11)18-14-6-7-15-12(10-14)5-8-16(15)17/h6-7,10-11,13,16-17H,2-5,8-9H2,1H3. The number of aryl methyl sites for hydroxylation is 1. The molecule has 2 heteroatoms.